The average Bonchev–Trinajstić information content (AvgIpc) is 3.40. The molecule has 45 heavy (non-hydrogen) atoms. The molecule has 236 valence electrons. The van der Waals surface area contributed by atoms with Crippen LogP contribution in [0.15, 0.2) is 82.0 Å². The van der Waals surface area contributed by atoms with Crippen molar-refractivity contribution in [2.24, 2.45) is 0 Å². The summed E-state index contributed by atoms with van der Waals surface area (Å²) < 4.78 is 17.7. The van der Waals surface area contributed by atoms with E-state index in [4.69, 9.17) is 13.9 Å². The van der Waals surface area contributed by atoms with E-state index in [1.54, 1.807) is 13.0 Å². The molecule has 0 saturated carbocycles. The van der Waals surface area contributed by atoms with Gasteiger partial charge in [-0.1, -0.05) is 54.6 Å². The number of carbonyl (C=O) groups excluding carboxylic acids is 2. The van der Waals surface area contributed by atoms with Gasteiger partial charge in [0.1, 0.15) is 0 Å². The van der Waals surface area contributed by atoms with Gasteiger partial charge in [0, 0.05) is 58.9 Å². The summed E-state index contributed by atoms with van der Waals surface area (Å²) in [7, 11) is 1.98. The summed E-state index contributed by atoms with van der Waals surface area (Å²) in [6, 6.07) is 24.4. The monoisotopic (exact) mass is 613 g/mol. The van der Waals surface area contributed by atoms with Crippen molar-refractivity contribution in [3.05, 3.63) is 88.9 Å². The normalized spacial score (nSPS) is 16.9. The van der Waals surface area contributed by atoms with Gasteiger partial charge in [-0.3, -0.25) is 4.90 Å². The first-order valence-corrected chi connectivity index (χ1v) is 15.5. The van der Waals surface area contributed by atoms with Crippen LogP contribution in [0.25, 0.3) is 22.2 Å². The van der Waals surface area contributed by atoms with Crippen molar-refractivity contribution >= 4 is 28.8 Å². The Bertz CT molecular complexity index is 1690. The van der Waals surface area contributed by atoms with E-state index in [0.717, 1.165) is 43.0 Å². The molecule has 11 heteroatoms. The molecule has 0 unspecified atom stereocenters. The Morgan fingerprint density at radius 1 is 0.844 bits per heavy atom. The number of amides is 1. The zero-order valence-corrected chi connectivity index (χ0v) is 25.8. The summed E-state index contributed by atoms with van der Waals surface area (Å²) >= 11 is 0. The van der Waals surface area contributed by atoms with Gasteiger partial charge in [0.2, 0.25) is 0 Å². The van der Waals surface area contributed by atoms with Crippen LogP contribution in [-0.4, -0.2) is 97.3 Å². The number of hydrogen-bond acceptors (Lipinski definition) is 9. The van der Waals surface area contributed by atoms with Crippen molar-refractivity contribution in [3.63, 3.8) is 0 Å². The summed E-state index contributed by atoms with van der Waals surface area (Å²) in [6.45, 7) is 7.96. The van der Waals surface area contributed by atoms with Crippen LogP contribution in [0, 0.1) is 0 Å². The molecule has 11 nitrogen and oxygen atoms in total. The SMILES string of the molecule is CCOC(=O)[C@@H](OC(=O)N1CCN(C)CC1)n1c(=O)oc2c(N3CCN(Cc4cccc(-c5ccccc5)c4)CC3)cccc21. The topological polar surface area (TPSA) is 101 Å². The number of hydrogen-bond donors (Lipinski definition) is 0. The number of nitrogens with zero attached hydrogens (tertiary/aromatic N) is 5. The molecule has 3 aromatic carbocycles. The zero-order valence-electron chi connectivity index (χ0n) is 25.8. The van der Waals surface area contributed by atoms with Crippen molar-refractivity contribution < 1.29 is 23.5 Å². The minimum absolute atomic E-state index is 0.0675. The minimum atomic E-state index is -1.61. The highest BCUT2D eigenvalue weighted by molar-refractivity contribution is 5.89. The molecule has 2 aliphatic heterocycles. The van der Waals surface area contributed by atoms with Gasteiger partial charge in [0.15, 0.2) is 5.58 Å². The number of carbonyl (C=O) groups is 2. The number of rotatable bonds is 8. The predicted octanol–water partition coefficient (Wildman–Crippen LogP) is 4.03. The molecule has 6 rings (SSSR count). The predicted molar refractivity (Wildman–Crippen MR) is 171 cm³/mol. The third kappa shape index (κ3) is 6.74. The van der Waals surface area contributed by atoms with Crippen LogP contribution in [0.3, 0.4) is 0 Å². The fourth-order valence-corrected chi connectivity index (χ4v) is 5.98. The molecular weight excluding hydrogens is 574 g/mol. The van der Waals surface area contributed by atoms with E-state index >= 15 is 0 Å². The first-order valence-electron chi connectivity index (χ1n) is 15.5. The molecule has 0 spiro atoms. The second-order valence-electron chi connectivity index (χ2n) is 11.5. The molecule has 0 bridgehead atoms. The third-order valence-corrected chi connectivity index (χ3v) is 8.47. The van der Waals surface area contributed by atoms with Gasteiger partial charge >= 0.3 is 17.8 Å². The smallest absolute Gasteiger partial charge is 0.423 e. The molecule has 1 amide bonds. The summed E-state index contributed by atoms with van der Waals surface area (Å²) in [6.07, 6.45) is -2.28. The third-order valence-electron chi connectivity index (χ3n) is 8.47. The summed E-state index contributed by atoms with van der Waals surface area (Å²) in [5.74, 6) is -1.63. The van der Waals surface area contributed by atoms with Crippen molar-refractivity contribution in [3.8, 4) is 11.1 Å². The Balaban J connectivity index is 1.18. The number of esters is 1. The van der Waals surface area contributed by atoms with Gasteiger partial charge in [-0.2, -0.15) is 0 Å². The van der Waals surface area contributed by atoms with Crippen molar-refractivity contribution in [1.82, 2.24) is 19.3 Å². The number of ether oxygens (including phenoxy) is 2. The molecule has 0 N–H and O–H groups in total. The van der Waals surface area contributed by atoms with E-state index in [9.17, 15) is 14.4 Å². The fraction of sp³-hybridized carbons (Fsp3) is 0.382. The highest BCUT2D eigenvalue weighted by Gasteiger charge is 2.34. The lowest BCUT2D eigenvalue weighted by Gasteiger charge is -2.36. The molecule has 2 fully saturated rings. The first-order chi connectivity index (χ1) is 21.9. The molecule has 3 heterocycles. The molecular formula is C34H39N5O6. The summed E-state index contributed by atoms with van der Waals surface area (Å²) in [5.41, 5.74) is 5.12. The van der Waals surface area contributed by atoms with Crippen LogP contribution >= 0.6 is 0 Å². The number of benzene rings is 3. The van der Waals surface area contributed by atoms with E-state index in [1.807, 2.05) is 25.2 Å². The standard InChI is InChI=1S/C34H39N5O6/c1-3-43-32(40)31(45-33(41)38-19-15-35(2)16-20-38)39-29-14-8-13-28(30(29)44-34(39)42)37-21-17-36(18-22-37)24-25-9-7-12-27(23-25)26-10-5-4-6-11-26/h4-14,23,31H,3,15-22,24H2,1-2H3/t31-/m1/s1. The lowest BCUT2D eigenvalue weighted by Crippen LogP contribution is -2.48. The average molecular weight is 614 g/mol. The second kappa shape index (κ2) is 13.6. The molecule has 0 aliphatic carbocycles. The number of aromatic nitrogens is 1. The number of oxazole rings is 1. The van der Waals surface area contributed by atoms with Crippen molar-refractivity contribution in [1.29, 1.82) is 0 Å². The zero-order chi connectivity index (χ0) is 31.3. The highest BCUT2D eigenvalue weighted by Crippen LogP contribution is 2.30. The lowest BCUT2D eigenvalue weighted by molar-refractivity contribution is -0.159. The molecule has 2 aliphatic rings. The Morgan fingerprint density at radius 3 is 2.29 bits per heavy atom. The van der Waals surface area contributed by atoms with Gasteiger partial charge in [0.05, 0.1) is 17.8 Å². The molecule has 0 radical (unpaired) electrons. The number of fused-ring (bicyclic) bond motifs is 1. The molecule has 1 atom stereocenters. The minimum Gasteiger partial charge on any atom is -0.462 e. The lowest BCUT2D eigenvalue weighted by atomic mass is 10.0. The molecule has 4 aromatic rings. The van der Waals surface area contributed by atoms with Gasteiger partial charge in [0.25, 0.3) is 6.23 Å². The van der Waals surface area contributed by atoms with Crippen LogP contribution in [0.4, 0.5) is 10.5 Å². The second-order valence-corrected chi connectivity index (χ2v) is 11.5. The fourth-order valence-electron chi connectivity index (χ4n) is 5.98. The maximum atomic E-state index is 13.3. The van der Waals surface area contributed by atoms with Crippen LogP contribution < -0.4 is 10.7 Å². The van der Waals surface area contributed by atoms with E-state index in [2.05, 4.69) is 63.2 Å². The van der Waals surface area contributed by atoms with Crippen molar-refractivity contribution in [2.45, 2.75) is 19.7 Å². The van der Waals surface area contributed by atoms with Gasteiger partial charge in [-0.05, 0) is 48.9 Å². The van der Waals surface area contributed by atoms with Crippen molar-refractivity contribution in [2.75, 3.05) is 70.9 Å². The van der Waals surface area contributed by atoms with E-state index in [0.29, 0.717) is 37.3 Å². The van der Waals surface area contributed by atoms with Crippen LogP contribution in [0.1, 0.15) is 18.7 Å². The number of piperazine rings is 2. The van der Waals surface area contributed by atoms with Crippen LogP contribution in [-0.2, 0) is 20.8 Å². The van der Waals surface area contributed by atoms with E-state index < -0.39 is 24.0 Å². The Hall–Kier alpha value is -4.61. The molecule has 2 saturated heterocycles. The Kier molecular flexibility index (Phi) is 9.18. The highest BCUT2D eigenvalue weighted by atomic mass is 16.6. The summed E-state index contributed by atoms with van der Waals surface area (Å²) in [4.78, 5) is 47.6. The number of para-hydroxylation sites is 1. The Labute approximate surface area is 262 Å². The van der Waals surface area contributed by atoms with Gasteiger partial charge in [-0.15, -0.1) is 0 Å². The van der Waals surface area contributed by atoms with Crippen LogP contribution in [0.5, 0.6) is 0 Å². The first kappa shape index (κ1) is 30.4. The summed E-state index contributed by atoms with van der Waals surface area (Å²) in [5, 5.41) is 0. The van der Waals surface area contributed by atoms with Gasteiger partial charge < -0.3 is 28.6 Å². The van der Waals surface area contributed by atoms with Gasteiger partial charge in [-0.25, -0.2) is 19.0 Å². The van der Waals surface area contributed by atoms with Crippen LogP contribution in [0.2, 0.25) is 0 Å². The maximum Gasteiger partial charge on any atom is 0.423 e. The molecule has 1 aromatic heterocycles. The number of anilines is 1. The number of likely N-dealkylation sites (N-methyl/N-ethyl adjacent to an activating group) is 1. The largest absolute Gasteiger partial charge is 0.462 e. The van der Waals surface area contributed by atoms with E-state index in [-0.39, 0.29) is 6.61 Å². The maximum absolute atomic E-state index is 13.3. The Morgan fingerprint density at radius 2 is 1.56 bits per heavy atom. The van der Waals surface area contributed by atoms with E-state index in [1.165, 1.54) is 21.6 Å². The quantitative estimate of drug-likeness (QED) is 0.273.